The van der Waals surface area contributed by atoms with Gasteiger partial charge in [0.15, 0.2) is 0 Å². The second-order valence-electron chi connectivity index (χ2n) is 7.90. The number of hydrogen-bond acceptors (Lipinski definition) is 3. The molecule has 5 nitrogen and oxygen atoms in total. The summed E-state index contributed by atoms with van der Waals surface area (Å²) >= 11 is 0. The lowest BCUT2D eigenvalue weighted by Gasteiger charge is -2.32. The molecule has 1 aliphatic carbocycles. The Morgan fingerprint density at radius 3 is 2.54 bits per heavy atom. The number of hydrogen-bond donors (Lipinski definition) is 0. The van der Waals surface area contributed by atoms with Crippen molar-refractivity contribution in [2.75, 3.05) is 32.8 Å². The van der Waals surface area contributed by atoms with Crippen molar-refractivity contribution in [1.82, 2.24) is 9.80 Å². The summed E-state index contributed by atoms with van der Waals surface area (Å²) in [6.07, 6.45) is 6.48. The summed E-state index contributed by atoms with van der Waals surface area (Å²) in [4.78, 5) is 28.7. The number of amides is 2. The van der Waals surface area contributed by atoms with Gasteiger partial charge in [0.1, 0.15) is 5.75 Å². The molecule has 1 atom stereocenters. The molecule has 2 aliphatic heterocycles. The number of likely N-dealkylation sites (tertiary alicyclic amines) is 2. The Morgan fingerprint density at radius 1 is 1.00 bits per heavy atom. The van der Waals surface area contributed by atoms with E-state index in [9.17, 15) is 9.59 Å². The van der Waals surface area contributed by atoms with Gasteiger partial charge in [0.25, 0.3) is 5.91 Å². The van der Waals surface area contributed by atoms with Crippen LogP contribution >= 0.6 is 0 Å². The highest BCUT2D eigenvalue weighted by Gasteiger charge is 2.35. The van der Waals surface area contributed by atoms with E-state index in [0.717, 1.165) is 70.5 Å². The van der Waals surface area contributed by atoms with Crippen LogP contribution in [0.5, 0.6) is 5.75 Å². The van der Waals surface area contributed by atoms with Crippen molar-refractivity contribution in [1.29, 1.82) is 0 Å². The molecule has 1 aromatic rings. The Kier molecular flexibility index (Phi) is 5.14. The minimum Gasteiger partial charge on any atom is -0.493 e. The van der Waals surface area contributed by atoms with Crippen molar-refractivity contribution in [2.45, 2.75) is 38.5 Å². The standard InChI is InChI=1S/C21H28N2O3/c24-20(17-8-9-17)23-12-4-5-16(14-23)15-26-19-7-3-6-18(13-19)21(25)22-10-1-2-11-22/h3,6-7,13,16-17H,1-2,4-5,8-12,14-15H2/t16-/m0/s1. The van der Waals surface area contributed by atoms with Crippen LogP contribution in [0.2, 0.25) is 0 Å². The summed E-state index contributed by atoms with van der Waals surface area (Å²) in [6, 6.07) is 7.53. The van der Waals surface area contributed by atoms with Crippen molar-refractivity contribution in [3.63, 3.8) is 0 Å². The summed E-state index contributed by atoms with van der Waals surface area (Å²) in [5.41, 5.74) is 0.707. The molecule has 26 heavy (non-hydrogen) atoms. The Bertz CT molecular complexity index is 665. The average molecular weight is 356 g/mol. The van der Waals surface area contributed by atoms with Crippen LogP contribution in [0.25, 0.3) is 0 Å². The van der Waals surface area contributed by atoms with Gasteiger partial charge < -0.3 is 14.5 Å². The zero-order chi connectivity index (χ0) is 17.9. The first-order chi connectivity index (χ1) is 12.7. The maximum atomic E-state index is 12.5. The number of nitrogens with zero attached hydrogens (tertiary/aromatic N) is 2. The van der Waals surface area contributed by atoms with Gasteiger partial charge in [0.2, 0.25) is 5.91 Å². The number of piperidine rings is 1. The predicted molar refractivity (Wildman–Crippen MR) is 99.1 cm³/mol. The average Bonchev–Trinajstić information content (AvgIpc) is 3.39. The number of carbonyl (C=O) groups is 2. The van der Waals surface area contributed by atoms with E-state index in [1.165, 1.54) is 0 Å². The molecule has 0 unspecified atom stereocenters. The van der Waals surface area contributed by atoms with E-state index in [-0.39, 0.29) is 5.91 Å². The molecule has 0 aromatic heterocycles. The van der Waals surface area contributed by atoms with Crippen molar-refractivity contribution in [3.8, 4) is 5.75 Å². The molecular formula is C21H28N2O3. The Hall–Kier alpha value is -2.04. The van der Waals surface area contributed by atoms with Crippen LogP contribution < -0.4 is 4.74 Å². The SMILES string of the molecule is O=C(c1cccc(OC[C@H]2CCCN(C(=O)C3CC3)C2)c1)N1CCCC1. The Labute approximate surface area is 155 Å². The fourth-order valence-electron chi connectivity index (χ4n) is 4.03. The van der Waals surface area contributed by atoms with Gasteiger partial charge in [-0.1, -0.05) is 6.07 Å². The smallest absolute Gasteiger partial charge is 0.253 e. The Balaban J connectivity index is 1.32. The van der Waals surface area contributed by atoms with Crippen LogP contribution in [0.15, 0.2) is 24.3 Å². The molecule has 0 N–H and O–H groups in total. The largest absolute Gasteiger partial charge is 0.493 e. The predicted octanol–water partition coefficient (Wildman–Crippen LogP) is 2.95. The molecule has 3 aliphatic rings. The van der Waals surface area contributed by atoms with E-state index in [4.69, 9.17) is 4.74 Å². The second kappa shape index (κ2) is 7.68. The van der Waals surface area contributed by atoms with E-state index in [0.29, 0.717) is 29.9 Å². The lowest BCUT2D eigenvalue weighted by atomic mass is 9.98. The van der Waals surface area contributed by atoms with Crippen molar-refractivity contribution in [2.24, 2.45) is 11.8 Å². The fourth-order valence-corrected chi connectivity index (χ4v) is 4.03. The second-order valence-corrected chi connectivity index (χ2v) is 7.90. The lowest BCUT2D eigenvalue weighted by molar-refractivity contribution is -0.134. The van der Waals surface area contributed by atoms with E-state index in [1.54, 1.807) is 0 Å². The van der Waals surface area contributed by atoms with Crippen LogP contribution in [-0.4, -0.2) is 54.4 Å². The van der Waals surface area contributed by atoms with Crippen molar-refractivity contribution in [3.05, 3.63) is 29.8 Å². The van der Waals surface area contributed by atoms with Crippen LogP contribution in [0.4, 0.5) is 0 Å². The Morgan fingerprint density at radius 2 is 1.77 bits per heavy atom. The first-order valence-electron chi connectivity index (χ1n) is 10.0. The normalized spacial score (nSPS) is 23.2. The van der Waals surface area contributed by atoms with Crippen LogP contribution in [0.1, 0.15) is 48.9 Å². The third-order valence-electron chi connectivity index (χ3n) is 5.72. The molecular weight excluding hydrogens is 328 g/mol. The summed E-state index contributed by atoms with van der Waals surface area (Å²) in [6.45, 7) is 4.02. The van der Waals surface area contributed by atoms with E-state index < -0.39 is 0 Å². The fraction of sp³-hybridized carbons (Fsp3) is 0.619. The summed E-state index contributed by atoms with van der Waals surface area (Å²) < 4.78 is 5.99. The molecule has 2 saturated heterocycles. The van der Waals surface area contributed by atoms with Gasteiger partial charge >= 0.3 is 0 Å². The summed E-state index contributed by atoms with van der Waals surface area (Å²) in [7, 11) is 0. The maximum Gasteiger partial charge on any atom is 0.253 e. The van der Waals surface area contributed by atoms with Crippen LogP contribution in [-0.2, 0) is 4.79 Å². The van der Waals surface area contributed by atoms with Gasteiger partial charge in [-0.3, -0.25) is 9.59 Å². The number of ether oxygens (including phenoxy) is 1. The lowest BCUT2D eigenvalue weighted by Crippen LogP contribution is -2.42. The molecule has 0 spiro atoms. The summed E-state index contributed by atoms with van der Waals surface area (Å²) in [5, 5.41) is 0. The number of benzene rings is 1. The molecule has 2 amide bonds. The minimum atomic E-state index is 0.104. The van der Waals surface area contributed by atoms with E-state index in [1.807, 2.05) is 34.1 Å². The number of carbonyl (C=O) groups excluding carboxylic acids is 2. The van der Waals surface area contributed by atoms with Gasteiger partial charge in [-0.25, -0.2) is 0 Å². The quantitative estimate of drug-likeness (QED) is 0.815. The van der Waals surface area contributed by atoms with E-state index >= 15 is 0 Å². The van der Waals surface area contributed by atoms with Gasteiger partial charge in [0.05, 0.1) is 6.61 Å². The third-order valence-corrected chi connectivity index (χ3v) is 5.72. The highest BCUT2D eigenvalue weighted by Crippen LogP contribution is 2.32. The van der Waals surface area contributed by atoms with Crippen molar-refractivity contribution >= 4 is 11.8 Å². The van der Waals surface area contributed by atoms with Gasteiger partial charge in [-0.05, 0) is 56.7 Å². The zero-order valence-corrected chi connectivity index (χ0v) is 15.4. The molecule has 2 heterocycles. The van der Waals surface area contributed by atoms with Crippen LogP contribution in [0.3, 0.4) is 0 Å². The van der Waals surface area contributed by atoms with Gasteiger partial charge in [0, 0.05) is 43.6 Å². The van der Waals surface area contributed by atoms with Crippen molar-refractivity contribution < 1.29 is 14.3 Å². The molecule has 140 valence electrons. The molecule has 4 rings (SSSR count). The molecule has 0 bridgehead atoms. The summed E-state index contributed by atoms with van der Waals surface area (Å²) in [5.74, 6) is 1.87. The third kappa shape index (κ3) is 4.02. The molecule has 5 heteroatoms. The van der Waals surface area contributed by atoms with Crippen LogP contribution in [0, 0.1) is 11.8 Å². The molecule has 3 fully saturated rings. The van der Waals surface area contributed by atoms with Gasteiger partial charge in [-0.2, -0.15) is 0 Å². The number of rotatable bonds is 5. The van der Waals surface area contributed by atoms with Gasteiger partial charge in [-0.15, -0.1) is 0 Å². The minimum absolute atomic E-state index is 0.104. The first kappa shape index (κ1) is 17.4. The zero-order valence-electron chi connectivity index (χ0n) is 15.4. The monoisotopic (exact) mass is 356 g/mol. The highest BCUT2D eigenvalue weighted by atomic mass is 16.5. The topological polar surface area (TPSA) is 49.9 Å². The molecule has 0 radical (unpaired) electrons. The molecule has 1 aromatic carbocycles. The van der Waals surface area contributed by atoms with E-state index in [2.05, 4.69) is 0 Å². The highest BCUT2D eigenvalue weighted by molar-refractivity contribution is 5.94. The molecule has 1 saturated carbocycles. The first-order valence-corrected chi connectivity index (χ1v) is 10.0. The maximum absolute atomic E-state index is 12.5.